The number of ketones is 2. The Kier molecular flexibility index (Phi) is 15.9. The monoisotopic (exact) mass is 345 g/mol. The van der Waals surface area contributed by atoms with Crippen LogP contribution in [0.3, 0.4) is 0 Å². The summed E-state index contributed by atoms with van der Waals surface area (Å²) in [7, 11) is 0. The molecule has 0 radical (unpaired) electrons. The zero-order valence-electron chi connectivity index (χ0n) is 13.2. The zero-order valence-corrected chi connectivity index (χ0v) is 13.2. The van der Waals surface area contributed by atoms with E-state index in [1.807, 2.05) is 0 Å². The van der Waals surface area contributed by atoms with Gasteiger partial charge in [0.15, 0.2) is 0 Å². The van der Waals surface area contributed by atoms with Crippen LogP contribution in [0.25, 0.3) is 0 Å². The summed E-state index contributed by atoms with van der Waals surface area (Å²) >= 11 is 0. The Bertz CT molecular complexity index is 449. The van der Waals surface area contributed by atoms with E-state index < -0.39 is 11.9 Å². The first-order valence-electron chi connectivity index (χ1n) is 7.08. The largest absolute Gasteiger partial charge is 0.349 e. The smallest absolute Gasteiger partial charge is 0.242 e. The van der Waals surface area contributed by atoms with Crippen LogP contribution >= 0.6 is 0 Å². The molecule has 0 aromatic heterocycles. The van der Waals surface area contributed by atoms with Crippen LogP contribution in [-0.4, -0.2) is 48.4 Å². The van der Waals surface area contributed by atoms with Gasteiger partial charge in [-0.2, -0.15) is 0 Å². The van der Waals surface area contributed by atoms with Gasteiger partial charge in [0.2, 0.25) is 17.7 Å². The van der Waals surface area contributed by atoms with E-state index in [1.165, 1.54) is 13.8 Å². The molecule has 24 heavy (non-hydrogen) atoms. The van der Waals surface area contributed by atoms with Crippen LogP contribution in [0.2, 0.25) is 0 Å². The molecule has 0 aliphatic heterocycles. The van der Waals surface area contributed by atoms with Crippen molar-refractivity contribution in [3.8, 4) is 0 Å². The third-order valence-corrected chi connectivity index (χ3v) is 2.68. The van der Waals surface area contributed by atoms with Crippen LogP contribution in [0.4, 0.5) is 0 Å². The van der Waals surface area contributed by atoms with Crippen LogP contribution in [-0.2, 0) is 24.0 Å². The van der Waals surface area contributed by atoms with Crippen molar-refractivity contribution in [1.82, 2.24) is 16.0 Å². The molecule has 0 aliphatic rings. The molecule has 0 saturated carbocycles. The molecular formula is C16H31N3O5. The van der Waals surface area contributed by atoms with Crippen molar-refractivity contribution in [3.05, 3.63) is 0 Å². The number of hydrogen-bond acceptors (Lipinski definition) is 5. The summed E-state index contributed by atoms with van der Waals surface area (Å²) in [5.41, 5.74) is 0. The topological polar surface area (TPSA) is 121 Å². The molecule has 140 valence electrons. The summed E-state index contributed by atoms with van der Waals surface area (Å²) in [6.45, 7) is 4.11. The molecule has 0 bridgehead atoms. The molecule has 0 aromatic carbocycles. The number of nitrogens with one attached hydrogen (secondary N) is 3. The maximum Gasteiger partial charge on any atom is 0.242 e. The number of carbonyl (C=O) groups is 5. The fourth-order valence-corrected chi connectivity index (χ4v) is 1.49. The van der Waals surface area contributed by atoms with Crippen molar-refractivity contribution < 1.29 is 24.0 Å². The molecule has 3 N–H and O–H groups in total. The Morgan fingerprint density at radius 2 is 1.33 bits per heavy atom. The second-order valence-corrected chi connectivity index (χ2v) is 4.91. The van der Waals surface area contributed by atoms with E-state index in [2.05, 4.69) is 16.0 Å². The maximum absolute atomic E-state index is 11.9. The van der Waals surface area contributed by atoms with Gasteiger partial charge in [-0.1, -0.05) is 21.8 Å². The van der Waals surface area contributed by atoms with E-state index in [0.717, 1.165) is 0 Å². The van der Waals surface area contributed by atoms with Gasteiger partial charge in [-0.05, 0) is 20.3 Å². The molecule has 1 atom stereocenters. The molecule has 0 aliphatic carbocycles. The molecule has 0 heterocycles. The van der Waals surface area contributed by atoms with Gasteiger partial charge in [0.05, 0.1) is 13.1 Å². The number of rotatable bonds is 10. The summed E-state index contributed by atoms with van der Waals surface area (Å²) in [4.78, 5) is 56.5. The summed E-state index contributed by atoms with van der Waals surface area (Å²) in [5.74, 6) is -1.62. The molecule has 0 rings (SSSR count). The van der Waals surface area contributed by atoms with E-state index >= 15 is 0 Å². The van der Waals surface area contributed by atoms with Gasteiger partial charge in [0.25, 0.3) is 0 Å². The van der Waals surface area contributed by atoms with Crippen LogP contribution in [0, 0.1) is 0 Å². The Labute approximate surface area is 144 Å². The summed E-state index contributed by atoms with van der Waals surface area (Å²) in [6, 6.07) is -0.894. The first kappa shape index (κ1) is 26.6. The summed E-state index contributed by atoms with van der Waals surface area (Å²) in [6.07, 6.45) is 0.266. The lowest BCUT2D eigenvalue weighted by molar-refractivity contribution is -0.130. The van der Waals surface area contributed by atoms with Crippen LogP contribution in [0.15, 0.2) is 0 Å². The first-order chi connectivity index (χ1) is 10.3. The normalized spacial score (nSPS) is 10.3. The van der Waals surface area contributed by atoms with Gasteiger partial charge >= 0.3 is 0 Å². The molecule has 0 fully saturated rings. The Balaban J connectivity index is -0.00000220. The number of carbonyl (C=O) groups excluding carboxylic acids is 5. The van der Waals surface area contributed by atoms with Crippen molar-refractivity contribution in [2.45, 2.75) is 60.9 Å². The van der Waals surface area contributed by atoms with Crippen molar-refractivity contribution in [2.75, 3.05) is 13.1 Å². The van der Waals surface area contributed by atoms with Crippen molar-refractivity contribution >= 4 is 29.3 Å². The Morgan fingerprint density at radius 1 is 0.833 bits per heavy atom. The van der Waals surface area contributed by atoms with Gasteiger partial charge in [-0.3, -0.25) is 24.0 Å². The van der Waals surface area contributed by atoms with E-state index in [4.69, 9.17) is 0 Å². The predicted molar refractivity (Wildman–Crippen MR) is 92.3 cm³/mol. The highest BCUT2D eigenvalue weighted by molar-refractivity contribution is 5.91. The molecule has 0 spiro atoms. The second kappa shape index (κ2) is 14.3. The third kappa shape index (κ3) is 13.4. The molecule has 0 saturated heterocycles. The fraction of sp³-hybridized carbons (Fsp3) is 0.688. The molecule has 8 heteroatoms. The molecule has 3 amide bonds. The lowest BCUT2D eigenvalue weighted by Crippen LogP contribution is -2.48. The second-order valence-electron chi connectivity index (χ2n) is 4.91. The number of Topliss-reactive ketones (excluding diaryl/α,β-unsaturated/α-hetero) is 2. The quantitative estimate of drug-likeness (QED) is 0.527. The average molecular weight is 345 g/mol. The van der Waals surface area contributed by atoms with Crippen molar-refractivity contribution in [3.63, 3.8) is 0 Å². The predicted octanol–water partition coefficient (Wildman–Crippen LogP) is 0.344. The minimum atomic E-state index is -0.894. The van der Waals surface area contributed by atoms with Gasteiger partial charge in [0, 0.05) is 12.8 Å². The molecular weight excluding hydrogens is 314 g/mol. The van der Waals surface area contributed by atoms with Crippen LogP contribution in [0.5, 0.6) is 0 Å². The fourth-order valence-electron chi connectivity index (χ4n) is 1.49. The van der Waals surface area contributed by atoms with E-state index in [1.54, 1.807) is 6.92 Å². The van der Waals surface area contributed by atoms with E-state index in [0.29, 0.717) is 0 Å². The van der Waals surface area contributed by atoms with Gasteiger partial charge in [-0.15, -0.1) is 0 Å². The lowest BCUT2D eigenvalue weighted by atomic mass is 10.1. The molecule has 8 nitrogen and oxygen atoms in total. The minimum Gasteiger partial charge on any atom is -0.349 e. The van der Waals surface area contributed by atoms with Gasteiger partial charge in [0.1, 0.15) is 17.6 Å². The SMILES string of the molecule is C.C.CCC(=O)NC(CCC(=O)NCC(C)=O)C(=O)NCC(C)=O. The minimum absolute atomic E-state index is 0. The van der Waals surface area contributed by atoms with Crippen LogP contribution in [0.1, 0.15) is 54.9 Å². The van der Waals surface area contributed by atoms with Gasteiger partial charge < -0.3 is 16.0 Å². The summed E-state index contributed by atoms with van der Waals surface area (Å²) in [5, 5.41) is 7.30. The van der Waals surface area contributed by atoms with Crippen molar-refractivity contribution in [1.29, 1.82) is 0 Å². The zero-order chi connectivity index (χ0) is 17.1. The lowest BCUT2D eigenvalue weighted by Gasteiger charge is -2.17. The first-order valence-corrected chi connectivity index (χ1v) is 7.08. The average Bonchev–Trinajstić information content (AvgIpc) is 2.46. The molecule has 0 aromatic rings. The van der Waals surface area contributed by atoms with E-state index in [-0.39, 0.29) is 70.6 Å². The van der Waals surface area contributed by atoms with Gasteiger partial charge in [-0.25, -0.2) is 0 Å². The Morgan fingerprint density at radius 3 is 1.79 bits per heavy atom. The van der Waals surface area contributed by atoms with Crippen LogP contribution < -0.4 is 16.0 Å². The standard InChI is InChI=1S/C14H23N3O5.2CH4/c1-4-12(20)17-11(14(22)16-8-10(3)19)5-6-13(21)15-7-9(2)18;;/h11H,4-8H2,1-3H3,(H,15,21)(H,16,22)(H,17,20);2*1H4. The highest BCUT2D eigenvalue weighted by Crippen LogP contribution is 1.99. The Hall–Kier alpha value is -2.25. The third-order valence-electron chi connectivity index (χ3n) is 2.68. The number of hydrogen-bond donors (Lipinski definition) is 3. The number of amides is 3. The molecule has 1 unspecified atom stereocenters. The summed E-state index contributed by atoms with van der Waals surface area (Å²) < 4.78 is 0. The maximum atomic E-state index is 11.9. The highest BCUT2D eigenvalue weighted by Gasteiger charge is 2.21. The van der Waals surface area contributed by atoms with E-state index in [9.17, 15) is 24.0 Å². The highest BCUT2D eigenvalue weighted by atomic mass is 16.2. The van der Waals surface area contributed by atoms with Crippen molar-refractivity contribution in [2.24, 2.45) is 0 Å².